The first kappa shape index (κ1) is 20.0. The number of fused-ring (bicyclic) bond motifs is 3. The van der Waals surface area contributed by atoms with Crippen LogP contribution in [0.3, 0.4) is 0 Å². The molecule has 1 saturated heterocycles. The molecule has 7 nitrogen and oxygen atoms in total. The molecule has 1 unspecified atom stereocenters. The van der Waals surface area contributed by atoms with Crippen molar-refractivity contribution < 1.29 is 9.18 Å². The summed E-state index contributed by atoms with van der Waals surface area (Å²) in [7, 11) is 0. The van der Waals surface area contributed by atoms with Gasteiger partial charge in [0.25, 0.3) is 5.56 Å². The number of hydrogen-bond donors (Lipinski definition) is 1. The number of halogens is 1. The smallest absolute Gasteiger partial charge is 0.291 e. The Morgan fingerprint density at radius 3 is 3.03 bits per heavy atom. The molecule has 1 N–H and O–H groups in total. The Morgan fingerprint density at radius 1 is 1.45 bits per heavy atom. The zero-order valence-electron chi connectivity index (χ0n) is 16.7. The number of nitrogens with one attached hydrogen (secondary N) is 1. The number of carbonyl (C=O) groups excluding carboxylic acids is 1. The van der Waals surface area contributed by atoms with E-state index in [0.29, 0.717) is 18.6 Å². The van der Waals surface area contributed by atoms with Crippen LogP contribution >= 0.6 is 11.3 Å². The van der Waals surface area contributed by atoms with Gasteiger partial charge in [-0.05, 0) is 36.9 Å². The summed E-state index contributed by atoms with van der Waals surface area (Å²) in [6.07, 6.45) is 1.79. The highest BCUT2D eigenvalue weighted by Gasteiger charge is 2.23. The fourth-order valence-corrected chi connectivity index (χ4v) is 4.94. The van der Waals surface area contributed by atoms with E-state index in [4.69, 9.17) is 0 Å². The molecule has 29 heavy (non-hydrogen) atoms. The second kappa shape index (κ2) is 8.23. The van der Waals surface area contributed by atoms with Gasteiger partial charge in [-0.25, -0.2) is 9.07 Å². The van der Waals surface area contributed by atoms with Gasteiger partial charge in [0.2, 0.25) is 5.91 Å². The highest BCUT2D eigenvalue weighted by molar-refractivity contribution is 7.16. The maximum Gasteiger partial charge on any atom is 0.291 e. The molecule has 1 fully saturated rings. The third-order valence-corrected chi connectivity index (χ3v) is 6.31. The van der Waals surface area contributed by atoms with E-state index in [1.165, 1.54) is 4.68 Å². The van der Waals surface area contributed by atoms with Gasteiger partial charge in [-0.2, -0.15) is 5.10 Å². The van der Waals surface area contributed by atoms with Gasteiger partial charge < -0.3 is 5.32 Å². The van der Waals surface area contributed by atoms with Crippen LogP contribution in [0.2, 0.25) is 0 Å². The molecule has 3 aromatic heterocycles. The van der Waals surface area contributed by atoms with E-state index in [9.17, 15) is 14.0 Å². The summed E-state index contributed by atoms with van der Waals surface area (Å²) in [5, 5.41) is 10.5. The molecule has 0 radical (unpaired) electrons. The average molecular weight is 420 g/mol. The first-order valence-electron chi connectivity index (χ1n) is 10.0. The quantitative estimate of drug-likeness (QED) is 0.666. The molecular weight excluding hydrogens is 393 g/mol. The second-order valence-corrected chi connectivity index (χ2v) is 8.81. The highest BCUT2D eigenvalue weighted by atomic mass is 32.1. The number of amides is 1. The fourth-order valence-electron chi connectivity index (χ4n) is 4.04. The molecule has 1 atom stereocenters. The first-order valence-corrected chi connectivity index (χ1v) is 10.9. The molecule has 4 rings (SSSR count). The Balaban J connectivity index is 1.58. The molecule has 0 aliphatic carbocycles. The van der Waals surface area contributed by atoms with Crippen molar-refractivity contribution in [3.05, 3.63) is 33.7 Å². The SMILES string of the molecule is CC(C)c1nn(CC(=O)NC2CCCN(CCF)C2)c(=O)c2cc3ccsc3n12. The molecule has 0 spiro atoms. The van der Waals surface area contributed by atoms with Crippen LogP contribution in [0.5, 0.6) is 0 Å². The summed E-state index contributed by atoms with van der Waals surface area (Å²) in [5.41, 5.74) is 0.279. The van der Waals surface area contributed by atoms with Gasteiger partial charge in [0.15, 0.2) is 0 Å². The van der Waals surface area contributed by atoms with E-state index in [2.05, 4.69) is 10.4 Å². The topological polar surface area (TPSA) is 71.6 Å². The normalized spacial score (nSPS) is 18.1. The fraction of sp³-hybridized carbons (Fsp3) is 0.550. The standard InChI is InChI=1S/C20H26FN5O2S/c1-13(2)18-23-25(19(28)16-10-14-5-9-29-20(14)26(16)18)12-17(27)22-15-4-3-7-24(11-15)8-6-21/h5,9-10,13,15H,3-4,6-8,11-12H2,1-2H3,(H,22,27). The highest BCUT2D eigenvalue weighted by Crippen LogP contribution is 2.26. The number of thiophene rings is 1. The lowest BCUT2D eigenvalue weighted by Gasteiger charge is -2.32. The molecule has 0 saturated carbocycles. The molecule has 1 aliphatic rings. The Bertz CT molecular complexity index is 1080. The molecule has 4 heterocycles. The van der Waals surface area contributed by atoms with Crippen LogP contribution in [0.1, 0.15) is 38.4 Å². The maximum absolute atomic E-state index is 13.0. The zero-order valence-corrected chi connectivity index (χ0v) is 17.5. The van der Waals surface area contributed by atoms with Crippen LogP contribution in [0.25, 0.3) is 15.7 Å². The molecular formula is C20H26FN5O2S. The Kier molecular flexibility index (Phi) is 5.69. The number of likely N-dealkylation sites (tertiary alicyclic amines) is 1. The molecule has 3 aromatic rings. The average Bonchev–Trinajstić information content (AvgIpc) is 3.26. The van der Waals surface area contributed by atoms with Gasteiger partial charge >= 0.3 is 0 Å². The molecule has 0 bridgehead atoms. The van der Waals surface area contributed by atoms with Crippen LogP contribution in [-0.4, -0.2) is 57.3 Å². The van der Waals surface area contributed by atoms with Crippen molar-refractivity contribution >= 4 is 33.0 Å². The van der Waals surface area contributed by atoms with Gasteiger partial charge in [0, 0.05) is 30.4 Å². The van der Waals surface area contributed by atoms with Crippen LogP contribution in [0.4, 0.5) is 4.39 Å². The number of piperidine rings is 1. The summed E-state index contributed by atoms with van der Waals surface area (Å²) in [5.74, 6) is 0.619. The Hall–Kier alpha value is -2.26. The molecule has 9 heteroatoms. The van der Waals surface area contributed by atoms with Gasteiger partial charge in [-0.3, -0.25) is 18.9 Å². The lowest BCUT2D eigenvalue weighted by molar-refractivity contribution is -0.123. The van der Waals surface area contributed by atoms with E-state index in [1.54, 1.807) is 11.3 Å². The third kappa shape index (κ3) is 3.93. The van der Waals surface area contributed by atoms with Crippen molar-refractivity contribution in [2.45, 2.75) is 45.2 Å². The van der Waals surface area contributed by atoms with Crippen molar-refractivity contribution in [1.82, 2.24) is 24.4 Å². The van der Waals surface area contributed by atoms with Gasteiger partial charge in [0.05, 0.1) is 0 Å². The first-order chi connectivity index (χ1) is 14.0. The van der Waals surface area contributed by atoms with Crippen molar-refractivity contribution in [2.24, 2.45) is 0 Å². The number of hydrogen-bond acceptors (Lipinski definition) is 5. The predicted octanol–water partition coefficient (Wildman–Crippen LogP) is 2.38. The summed E-state index contributed by atoms with van der Waals surface area (Å²) >= 11 is 1.58. The summed E-state index contributed by atoms with van der Waals surface area (Å²) in [6, 6.07) is 3.83. The van der Waals surface area contributed by atoms with Crippen LogP contribution in [0, 0.1) is 0 Å². The number of aromatic nitrogens is 3. The van der Waals surface area contributed by atoms with Crippen molar-refractivity contribution in [2.75, 3.05) is 26.3 Å². The van der Waals surface area contributed by atoms with Crippen LogP contribution in [0.15, 0.2) is 22.3 Å². The molecule has 1 amide bonds. The maximum atomic E-state index is 13.0. The Morgan fingerprint density at radius 2 is 2.28 bits per heavy atom. The summed E-state index contributed by atoms with van der Waals surface area (Å²) in [4.78, 5) is 28.6. The number of alkyl halides is 1. The monoisotopic (exact) mass is 419 g/mol. The van der Waals surface area contributed by atoms with E-state index in [0.717, 1.165) is 35.4 Å². The van der Waals surface area contributed by atoms with Crippen molar-refractivity contribution in [3.63, 3.8) is 0 Å². The van der Waals surface area contributed by atoms with Crippen LogP contribution < -0.4 is 10.9 Å². The molecule has 1 aliphatic heterocycles. The third-order valence-electron chi connectivity index (χ3n) is 5.40. The minimum atomic E-state index is -0.382. The largest absolute Gasteiger partial charge is 0.350 e. The van der Waals surface area contributed by atoms with Crippen molar-refractivity contribution in [1.29, 1.82) is 0 Å². The molecule has 156 valence electrons. The lowest BCUT2D eigenvalue weighted by Crippen LogP contribution is -2.49. The van der Waals surface area contributed by atoms with Gasteiger partial charge in [0.1, 0.15) is 29.4 Å². The molecule has 0 aromatic carbocycles. The Labute approximate surface area is 172 Å². The minimum absolute atomic E-state index is 0.0227. The van der Waals surface area contributed by atoms with Gasteiger partial charge in [-0.15, -0.1) is 11.3 Å². The van der Waals surface area contributed by atoms with E-state index < -0.39 is 0 Å². The van der Waals surface area contributed by atoms with Gasteiger partial charge in [-0.1, -0.05) is 13.8 Å². The lowest BCUT2D eigenvalue weighted by atomic mass is 10.1. The van der Waals surface area contributed by atoms with Crippen molar-refractivity contribution in [3.8, 4) is 0 Å². The van der Waals surface area contributed by atoms with E-state index >= 15 is 0 Å². The zero-order chi connectivity index (χ0) is 20.5. The predicted molar refractivity (Wildman–Crippen MR) is 113 cm³/mol. The minimum Gasteiger partial charge on any atom is -0.350 e. The van der Waals surface area contributed by atoms with E-state index in [1.807, 2.05) is 40.7 Å². The number of carbonyl (C=O) groups is 1. The second-order valence-electron chi connectivity index (χ2n) is 7.92. The number of nitrogens with zero attached hydrogens (tertiary/aromatic N) is 4. The van der Waals surface area contributed by atoms with Crippen LogP contribution in [-0.2, 0) is 11.3 Å². The van der Waals surface area contributed by atoms with E-state index in [-0.39, 0.29) is 36.6 Å². The number of rotatable bonds is 6. The summed E-state index contributed by atoms with van der Waals surface area (Å²) < 4.78 is 15.8. The summed E-state index contributed by atoms with van der Waals surface area (Å²) in [6.45, 7) is 5.45.